The molecule has 1 unspecified atom stereocenters. The number of nitrogens with one attached hydrogen (secondary N) is 1. The number of carbonyl (C=O) groups is 1. The molecule has 2 heterocycles. The van der Waals surface area contributed by atoms with E-state index in [2.05, 4.69) is 27.0 Å². The first-order valence-corrected chi connectivity index (χ1v) is 9.03. The van der Waals surface area contributed by atoms with Gasteiger partial charge >= 0.3 is 0 Å². The van der Waals surface area contributed by atoms with E-state index in [1.54, 1.807) is 11.3 Å². The summed E-state index contributed by atoms with van der Waals surface area (Å²) in [5.41, 5.74) is -0.230. The Balaban J connectivity index is 2.15. The predicted molar refractivity (Wildman–Crippen MR) is 92.2 cm³/mol. The van der Waals surface area contributed by atoms with Crippen molar-refractivity contribution >= 4 is 29.0 Å². The second-order valence-electron chi connectivity index (χ2n) is 6.03. The number of aromatic nitrogens is 3. The van der Waals surface area contributed by atoms with Gasteiger partial charge in [-0.25, -0.2) is 0 Å². The van der Waals surface area contributed by atoms with Gasteiger partial charge in [0, 0.05) is 12.1 Å². The maximum Gasteiger partial charge on any atom is 0.233 e. The highest BCUT2D eigenvalue weighted by atomic mass is 32.2. The lowest BCUT2D eigenvalue weighted by molar-refractivity contribution is -0.121. The number of thiophene rings is 1. The van der Waals surface area contributed by atoms with Crippen molar-refractivity contribution in [1.82, 2.24) is 20.1 Å². The highest BCUT2D eigenvalue weighted by Gasteiger charge is 2.23. The molecular weight excluding hydrogens is 316 g/mol. The molecule has 1 atom stereocenters. The minimum Gasteiger partial charge on any atom is -0.351 e. The number of rotatable bonds is 5. The Hall–Kier alpha value is -1.34. The fraction of sp³-hybridized carbons (Fsp3) is 0.533. The standard InChI is InChI=1S/C15H22N4OS2/c1-6-19-12(11-8-7-9-21-11)17-18-14(19)22-10(2)13(20)16-15(3,4)5/h7-10H,6H2,1-5H3,(H,16,20). The maximum absolute atomic E-state index is 12.2. The van der Waals surface area contributed by atoms with Crippen molar-refractivity contribution in [2.45, 2.75) is 57.1 Å². The molecule has 7 heteroatoms. The molecule has 0 aliphatic heterocycles. The normalized spacial score (nSPS) is 13.1. The van der Waals surface area contributed by atoms with Crippen LogP contribution in [0, 0.1) is 0 Å². The van der Waals surface area contributed by atoms with Crippen molar-refractivity contribution in [1.29, 1.82) is 0 Å². The molecule has 2 aromatic heterocycles. The number of hydrogen-bond acceptors (Lipinski definition) is 5. The van der Waals surface area contributed by atoms with Crippen LogP contribution >= 0.6 is 23.1 Å². The van der Waals surface area contributed by atoms with Crippen molar-refractivity contribution in [2.24, 2.45) is 0 Å². The van der Waals surface area contributed by atoms with Crippen LogP contribution in [-0.2, 0) is 11.3 Å². The Bertz CT molecular complexity index is 629. The summed E-state index contributed by atoms with van der Waals surface area (Å²) in [5, 5.41) is 14.1. The van der Waals surface area contributed by atoms with Gasteiger partial charge in [-0.05, 0) is 46.1 Å². The van der Waals surface area contributed by atoms with Crippen molar-refractivity contribution in [3.8, 4) is 10.7 Å². The number of thioether (sulfide) groups is 1. The van der Waals surface area contributed by atoms with Gasteiger partial charge in [0.1, 0.15) is 0 Å². The number of nitrogens with zero attached hydrogens (tertiary/aromatic N) is 3. The third kappa shape index (κ3) is 4.10. The molecule has 5 nitrogen and oxygen atoms in total. The minimum absolute atomic E-state index is 0.0147. The molecule has 0 spiro atoms. The third-order valence-corrected chi connectivity index (χ3v) is 4.87. The fourth-order valence-corrected chi connectivity index (χ4v) is 3.56. The van der Waals surface area contributed by atoms with E-state index < -0.39 is 0 Å². The molecule has 22 heavy (non-hydrogen) atoms. The van der Waals surface area contributed by atoms with Gasteiger partial charge in [0.15, 0.2) is 11.0 Å². The summed E-state index contributed by atoms with van der Waals surface area (Å²) in [4.78, 5) is 13.3. The molecular formula is C15H22N4OS2. The van der Waals surface area contributed by atoms with E-state index in [0.29, 0.717) is 0 Å². The summed E-state index contributed by atoms with van der Waals surface area (Å²) >= 11 is 3.08. The Morgan fingerprint density at radius 1 is 1.45 bits per heavy atom. The predicted octanol–water partition coefficient (Wildman–Crippen LogP) is 3.42. The quantitative estimate of drug-likeness (QED) is 0.849. The Morgan fingerprint density at radius 3 is 2.73 bits per heavy atom. The lowest BCUT2D eigenvalue weighted by Crippen LogP contribution is -2.44. The van der Waals surface area contributed by atoms with E-state index in [1.165, 1.54) is 11.8 Å². The van der Waals surface area contributed by atoms with Gasteiger partial charge in [-0.3, -0.25) is 4.79 Å². The molecule has 0 fully saturated rings. The maximum atomic E-state index is 12.2. The largest absolute Gasteiger partial charge is 0.351 e. The van der Waals surface area contributed by atoms with Crippen LogP contribution in [0.4, 0.5) is 0 Å². The molecule has 1 N–H and O–H groups in total. The average molecular weight is 339 g/mol. The molecule has 0 aliphatic rings. The second kappa shape index (κ2) is 6.83. The molecule has 0 aliphatic carbocycles. The van der Waals surface area contributed by atoms with Crippen molar-refractivity contribution in [3.63, 3.8) is 0 Å². The van der Waals surface area contributed by atoms with Crippen LogP contribution in [-0.4, -0.2) is 31.5 Å². The van der Waals surface area contributed by atoms with Crippen molar-refractivity contribution in [3.05, 3.63) is 17.5 Å². The van der Waals surface area contributed by atoms with Gasteiger partial charge in [0.2, 0.25) is 5.91 Å². The Morgan fingerprint density at radius 2 is 2.18 bits per heavy atom. The van der Waals surface area contributed by atoms with Crippen LogP contribution in [0.5, 0.6) is 0 Å². The van der Waals surface area contributed by atoms with Gasteiger partial charge in [-0.2, -0.15) is 0 Å². The SMILES string of the molecule is CCn1c(SC(C)C(=O)NC(C)(C)C)nnc1-c1cccs1. The van der Waals surface area contributed by atoms with E-state index in [-0.39, 0.29) is 16.7 Å². The monoisotopic (exact) mass is 338 g/mol. The second-order valence-corrected chi connectivity index (χ2v) is 8.28. The van der Waals surface area contributed by atoms with E-state index in [4.69, 9.17) is 0 Å². The molecule has 0 saturated carbocycles. The fourth-order valence-electron chi connectivity index (χ4n) is 1.93. The van der Waals surface area contributed by atoms with Gasteiger partial charge in [0.25, 0.3) is 0 Å². The lowest BCUT2D eigenvalue weighted by Gasteiger charge is -2.22. The van der Waals surface area contributed by atoms with Gasteiger partial charge in [0.05, 0.1) is 10.1 Å². The average Bonchev–Trinajstić information content (AvgIpc) is 3.04. The zero-order valence-corrected chi connectivity index (χ0v) is 15.2. The smallest absolute Gasteiger partial charge is 0.233 e. The van der Waals surface area contributed by atoms with E-state index in [9.17, 15) is 4.79 Å². The molecule has 0 aromatic carbocycles. The summed E-state index contributed by atoms with van der Waals surface area (Å²) in [5.74, 6) is 0.879. The van der Waals surface area contributed by atoms with Crippen molar-refractivity contribution in [2.75, 3.05) is 0 Å². The van der Waals surface area contributed by atoms with Crippen LogP contribution in [0.25, 0.3) is 10.7 Å². The highest BCUT2D eigenvalue weighted by Crippen LogP contribution is 2.29. The van der Waals surface area contributed by atoms with Gasteiger partial charge in [-0.15, -0.1) is 21.5 Å². The first kappa shape index (κ1) is 17.0. The highest BCUT2D eigenvalue weighted by molar-refractivity contribution is 8.00. The molecule has 0 radical (unpaired) electrons. The summed E-state index contributed by atoms with van der Waals surface area (Å²) in [6, 6.07) is 4.03. The van der Waals surface area contributed by atoms with E-state index in [0.717, 1.165) is 22.4 Å². The van der Waals surface area contributed by atoms with Crippen molar-refractivity contribution < 1.29 is 4.79 Å². The number of amides is 1. The van der Waals surface area contributed by atoms with Gasteiger partial charge in [-0.1, -0.05) is 17.8 Å². The molecule has 2 rings (SSSR count). The third-order valence-electron chi connectivity index (χ3n) is 2.92. The zero-order chi connectivity index (χ0) is 16.3. The topological polar surface area (TPSA) is 59.8 Å². The minimum atomic E-state index is -0.230. The number of hydrogen-bond donors (Lipinski definition) is 1. The zero-order valence-electron chi connectivity index (χ0n) is 13.6. The summed E-state index contributed by atoms with van der Waals surface area (Å²) < 4.78 is 2.05. The lowest BCUT2D eigenvalue weighted by atomic mass is 10.1. The first-order chi connectivity index (χ1) is 10.3. The van der Waals surface area contributed by atoms with E-state index in [1.807, 2.05) is 45.2 Å². The summed E-state index contributed by atoms with van der Waals surface area (Å²) in [6.45, 7) is 10.7. The summed E-state index contributed by atoms with van der Waals surface area (Å²) in [6.07, 6.45) is 0. The molecule has 2 aromatic rings. The molecule has 120 valence electrons. The molecule has 1 amide bonds. The number of carbonyl (C=O) groups excluding carboxylic acids is 1. The van der Waals surface area contributed by atoms with Crippen LogP contribution in [0.15, 0.2) is 22.7 Å². The van der Waals surface area contributed by atoms with Crippen LogP contribution < -0.4 is 5.32 Å². The molecule has 0 saturated heterocycles. The first-order valence-electron chi connectivity index (χ1n) is 7.27. The van der Waals surface area contributed by atoms with Crippen LogP contribution in [0.3, 0.4) is 0 Å². The Labute approximate surface area is 139 Å². The van der Waals surface area contributed by atoms with Crippen LogP contribution in [0.1, 0.15) is 34.6 Å². The molecule has 0 bridgehead atoms. The van der Waals surface area contributed by atoms with E-state index >= 15 is 0 Å². The summed E-state index contributed by atoms with van der Waals surface area (Å²) in [7, 11) is 0. The Kier molecular flexibility index (Phi) is 5.28. The van der Waals surface area contributed by atoms with Crippen LogP contribution in [0.2, 0.25) is 0 Å². The van der Waals surface area contributed by atoms with Gasteiger partial charge < -0.3 is 9.88 Å².